The predicted octanol–water partition coefficient (Wildman–Crippen LogP) is 1.58. The maximum Gasteiger partial charge on any atom is 0.320 e. The van der Waals surface area contributed by atoms with E-state index < -0.39 is 12.0 Å². The molecular weight excluding hydrogens is 293 g/mol. The van der Waals surface area contributed by atoms with Gasteiger partial charge in [0.25, 0.3) is 0 Å². The molecule has 0 fully saturated rings. The topological polar surface area (TPSA) is 63.3 Å². The Balaban J connectivity index is 2.71. The molecule has 14 heavy (non-hydrogen) atoms. The van der Waals surface area contributed by atoms with E-state index in [1.54, 1.807) is 0 Å². The van der Waals surface area contributed by atoms with Crippen LogP contribution in [-0.2, 0) is 15.6 Å². The maximum absolute atomic E-state index is 10.5. The smallest absolute Gasteiger partial charge is 0.320 e. The van der Waals surface area contributed by atoms with Crippen molar-refractivity contribution in [2.45, 2.75) is 16.9 Å². The fraction of sp³-hybridized carbons (Fsp3) is 0.300. The van der Waals surface area contributed by atoms with Gasteiger partial charge in [0, 0.05) is 4.43 Å². The Morgan fingerprint density at radius 2 is 2.14 bits per heavy atom. The lowest BCUT2D eigenvalue weighted by Crippen LogP contribution is -2.32. The van der Waals surface area contributed by atoms with Crippen LogP contribution in [-0.4, -0.2) is 17.1 Å². The van der Waals surface area contributed by atoms with Crippen molar-refractivity contribution in [3.05, 3.63) is 35.4 Å². The zero-order valence-electron chi connectivity index (χ0n) is 7.61. The molecule has 4 heteroatoms. The lowest BCUT2D eigenvalue weighted by molar-refractivity contribution is -0.138. The van der Waals surface area contributed by atoms with Gasteiger partial charge in [-0.25, -0.2) is 0 Å². The van der Waals surface area contributed by atoms with E-state index in [0.29, 0.717) is 6.42 Å². The van der Waals surface area contributed by atoms with E-state index in [4.69, 9.17) is 10.8 Å². The number of rotatable bonds is 4. The minimum absolute atomic E-state index is 0.389. The molecule has 1 atom stereocenters. The third-order valence-electron chi connectivity index (χ3n) is 1.92. The number of carbonyl (C=O) groups is 1. The molecule has 0 saturated heterocycles. The van der Waals surface area contributed by atoms with Crippen molar-refractivity contribution in [2.24, 2.45) is 5.73 Å². The van der Waals surface area contributed by atoms with Gasteiger partial charge < -0.3 is 10.8 Å². The van der Waals surface area contributed by atoms with E-state index in [9.17, 15) is 4.79 Å². The second-order valence-electron chi connectivity index (χ2n) is 3.10. The molecule has 0 aliphatic heterocycles. The van der Waals surface area contributed by atoms with E-state index >= 15 is 0 Å². The van der Waals surface area contributed by atoms with Gasteiger partial charge in [-0.15, -0.1) is 0 Å². The summed E-state index contributed by atoms with van der Waals surface area (Å²) in [6, 6.07) is 7.04. The summed E-state index contributed by atoms with van der Waals surface area (Å²) in [6.45, 7) is 0. The van der Waals surface area contributed by atoms with E-state index in [2.05, 4.69) is 22.6 Å². The Bertz CT molecular complexity index is 328. The molecular formula is C10H12INO2. The molecule has 0 radical (unpaired) electrons. The Hall–Kier alpha value is -0.620. The molecule has 0 aliphatic rings. The summed E-state index contributed by atoms with van der Waals surface area (Å²) < 4.78 is 0.925. The molecule has 1 rings (SSSR count). The molecule has 1 aromatic rings. The van der Waals surface area contributed by atoms with Crippen LogP contribution < -0.4 is 5.73 Å². The summed E-state index contributed by atoms with van der Waals surface area (Å²) >= 11 is 2.27. The summed E-state index contributed by atoms with van der Waals surface area (Å²) in [5.41, 5.74) is 7.61. The minimum atomic E-state index is -0.954. The van der Waals surface area contributed by atoms with E-state index in [1.165, 1.54) is 5.56 Å². The largest absolute Gasteiger partial charge is 0.480 e. The van der Waals surface area contributed by atoms with Gasteiger partial charge in [-0.3, -0.25) is 4.79 Å². The first kappa shape index (κ1) is 11.5. The third-order valence-corrected chi connectivity index (χ3v) is 2.80. The molecule has 0 amide bonds. The van der Waals surface area contributed by atoms with Gasteiger partial charge in [-0.05, 0) is 17.5 Å². The van der Waals surface area contributed by atoms with Gasteiger partial charge in [0.2, 0.25) is 0 Å². The monoisotopic (exact) mass is 305 g/mol. The Labute approximate surface area is 96.4 Å². The number of nitrogens with two attached hydrogens (primary N) is 1. The average molecular weight is 305 g/mol. The normalized spacial score (nSPS) is 12.4. The molecule has 0 heterocycles. The van der Waals surface area contributed by atoms with Crippen LogP contribution in [0.15, 0.2) is 24.3 Å². The number of aliphatic carboxylic acids is 1. The first-order valence-corrected chi connectivity index (χ1v) is 5.78. The number of alkyl halides is 1. The predicted molar refractivity (Wildman–Crippen MR) is 63.5 cm³/mol. The summed E-state index contributed by atoms with van der Waals surface area (Å²) in [4.78, 5) is 10.5. The third kappa shape index (κ3) is 3.26. The van der Waals surface area contributed by atoms with Crippen LogP contribution in [0.5, 0.6) is 0 Å². The van der Waals surface area contributed by atoms with Gasteiger partial charge in [0.1, 0.15) is 6.04 Å². The van der Waals surface area contributed by atoms with E-state index in [0.717, 1.165) is 9.99 Å². The highest BCUT2D eigenvalue weighted by atomic mass is 127. The number of halogens is 1. The SMILES string of the molecule is N[C@H](Cc1cccc(CI)c1)C(=O)O. The average Bonchev–Trinajstić information content (AvgIpc) is 2.18. The highest BCUT2D eigenvalue weighted by Crippen LogP contribution is 2.10. The van der Waals surface area contributed by atoms with Crippen molar-refractivity contribution < 1.29 is 9.90 Å². The Morgan fingerprint density at radius 3 is 2.71 bits per heavy atom. The standard InChI is InChI=1S/C10H12INO2/c11-6-8-3-1-2-7(4-8)5-9(12)10(13)14/h1-4,9H,5-6,12H2,(H,13,14)/t9-/m1/s1. The van der Waals surface area contributed by atoms with Crippen molar-refractivity contribution in [3.63, 3.8) is 0 Å². The molecule has 0 unspecified atom stereocenters. The molecule has 0 aliphatic carbocycles. The molecule has 0 saturated carbocycles. The van der Waals surface area contributed by atoms with Gasteiger partial charge >= 0.3 is 5.97 Å². The zero-order valence-corrected chi connectivity index (χ0v) is 9.77. The number of hydrogen-bond acceptors (Lipinski definition) is 2. The van der Waals surface area contributed by atoms with Crippen LogP contribution in [0.4, 0.5) is 0 Å². The number of carboxylic acid groups (broad SMARTS) is 1. The molecule has 1 aromatic carbocycles. The van der Waals surface area contributed by atoms with Crippen molar-refractivity contribution in [2.75, 3.05) is 0 Å². The van der Waals surface area contributed by atoms with Crippen LogP contribution in [0.3, 0.4) is 0 Å². The molecule has 0 aromatic heterocycles. The van der Waals surface area contributed by atoms with Crippen LogP contribution in [0.2, 0.25) is 0 Å². The highest BCUT2D eigenvalue weighted by molar-refractivity contribution is 14.1. The zero-order chi connectivity index (χ0) is 10.6. The van der Waals surface area contributed by atoms with Crippen LogP contribution in [0.25, 0.3) is 0 Å². The second kappa shape index (κ2) is 5.31. The Morgan fingerprint density at radius 1 is 1.50 bits per heavy atom. The summed E-state index contributed by atoms with van der Waals surface area (Å²) in [5, 5.41) is 8.64. The second-order valence-corrected chi connectivity index (χ2v) is 3.87. The van der Waals surface area contributed by atoms with Gasteiger partial charge in [0.15, 0.2) is 0 Å². The van der Waals surface area contributed by atoms with Crippen LogP contribution in [0, 0.1) is 0 Å². The number of hydrogen-bond donors (Lipinski definition) is 2. The Kier molecular flexibility index (Phi) is 4.34. The van der Waals surface area contributed by atoms with E-state index in [-0.39, 0.29) is 0 Å². The van der Waals surface area contributed by atoms with Gasteiger partial charge in [-0.2, -0.15) is 0 Å². The molecule has 3 N–H and O–H groups in total. The highest BCUT2D eigenvalue weighted by Gasteiger charge is 2.11. The lowest BCUT2D eigenvalue weighted by atomic mass is 10.0. The summed E-state index contributed by atoms with van der Waals surface area (Å²) in [7, 11) is 0. The van der Waals surface area contributed by atoms with Crippen molar-refractivity contribution in [1.29, 1.82) is 0 Å². The van der Waals surface area contributed by atoms with Crippen molar-refractivity contribution >= 4 is 28.6 Å². The van der Waals surface area contributed by atoms with Crippen molar-refractivity contribution in [1.82, 2.24) is 0 Å². The summed E-state index contributed by atoms with van der Waals surface area (Å²) in [6.07, 6.45) is 0.389. The minimum Gasteiger partial charge on any atom is -0.480 e. The molecule has 0 spiro atoms. The molecule has 3 nitrogen and oxygen atoms in total. The van der Waals surface area contributed by atoms with Crippen LogP contribution in [0.1, 0.15) is 11.1 Å². The quantitative estimate of drug-likeness (QED) is 0.656. The fourth-order valence-corrected chi connectivity index (χ4v) is 1.66. The number of carboxylic acids is 1. The first-order valence-electron chi connectivity index (χ1n) is 4.25. The maximum atomic E-state index is 10.5. The number of benzene rings is 1. The molecule has 76 valence electrons. The molecule has 0 bridgehead atoms. The van der Waals surface area contributed by atoms with Crippen LogP contribution >= 0.6 is 22.6 Å². The lowest BCUT2D eigenvalue weighted by Gasteiger charge is -2.07. The van der Waals surface area contributed by atoms with Gasteiger partial charge in [0.05, 0.1) is 0 Å². The van der Waals surface area contributed by atoms with Gasteiger partial charge in [-0.1, -0.05) is 46.9 Å². The fourth-order valence-electron chi connectivity index (χ4n) is 1.18. The first-order chi connectivity index (χ1) is 6.63. The van der Waals surface area contributed by atoms with Crippen molar-refractivity contribution in [3.8, 4) is 0 Å². The van der Waals surface area contributed by atoms with E-state index in [1.807, 2.05) is 24.3 Å². The summed E-state index contributed by atoms with van der Waals surface area (Å²) in [5.74, 6) is -0.954.